The third-order valence-corrected chi connectivity index (χ3v) is 5.94. The van der Waals surface area contributed by atoms with Gasteiger partial charge in [-0.25, -0.2) is 9.79 Å². The van der Waals surface area contributed by atoms with Gasteiger partial charge >= 0.3 is 5.97 Å². The summed E-state index contributed by atoms with van der Waals surface area (Å²) in [5.41, 5.74) is 10.8. The molecule has 11 N–H and O–H groups in total. The number of rotatable bonds is 8. The van der Waals surface area contributed by atoms with Crippen molar-refractivity contribution < 1.29 is 54.1 Å². The monoisotopic (exact) mass is 521 g/mol. The van der Waals surface area contributed by atoms with Crippen LogP contribution in [0.5, 0.6) is 0 Å². The maximum absolute atomic E-state index is 12.5. The molecule has 2 heterocycles. The number of amides is 2. The number of carbonyl (C=O) groups excluding carboxylic acids is 2. The predicted octanol–water partition coefficient (Wildman–Crippen LogP) is -4.57. The van der Waals surface area contributed by atoms with Gasteiger partial charge in [0, 0.05) is 20.3 Å². The van der Waals surface area contributed by atoms with Gasteiger partial charge in [0.05, 0.1) is 30.4 Å². The zero-order valence-corrected chi connectivity index (χ0v) is 20.3. The largest absolute Gasteiger partial charge is 0.477 e. The Labute approximate surface area is 206 Å². The summed E-state index contributed by atoms with van der Waals surface area (Å²) < 4.78 is 16.7. The van der Waals surface area contributed by atoms with Gasteiger partial charge in [0.15, 0.2) is 12.2 Å². The van der Waals surface area contributed by atoms with E-state index in [9.17, 15) is 39.9 Å². The zero-order valence-electron chi connectivity index (χ0n) is 20.3. The van der Waals surface area contributed by atoms with Crippen LogP contribution in [0.3, 0.4) is 0 Å². The summed E-state index contributed by atoms with van der Waals surface area (Å²) in [6.45, 7) is 4.96. The lowest BCUT2D eigenvalue weighted by molar-refractivity contribution is -0.343. The van der Waals surface area contributed by atoms with E-state index in [1.54, 1.807) is 0 Å². The topological polar surface area (TPSA) is 269 Å². The highest BCUT2D eigenvalue weighted by Gasteiger charge is 2.59. The number of guanidine groups is 1. The summed E-state index contributed by atoms with van der Waals surface area (Å²) >= 11 is 0. The van der Waals surface area contributed by atoms with Gasteiger partial charge < -0.3 is 61.8 Å². The van der Waals surface area contributed by atoms with E-state index in [-0.39, 0.29) is 0 Å². The molecule has 0 spiro atoms. The average molecular weight is 522 g/mol. The maximum atomic E-state index is 12.5. The summed E-state index contributed by atoms with van der Waals surface area (Å²) in [4.78, 5) is 39.9. The molecule has 0 aromatic heterocycles. The Morgan fingerprint density at radius 2 is 1.78 bits per heavy atom. The second kappa shape index (κ2) is 11.6. The Morgan fingerprint density at radius 1 is 1.17 bits per heavy atom. The second-order valence-electron chi connectivity index (χ2n) is 8.95. The van der Waals surface area contributed by atoms with Crippen molar-refractivity contribution in [2.75, 3.05) is 0 Å². The molecule has 0 bridgehead atoms. The number of ether oxygens (including phenoxy) is 3. The SMILES string of the molecule is CC(=O)N[C@@H]1[C@@H]([C@@H](NC(C)=O)[C@@H](C)O)O[C@@](O[C@@H]2[C@H](O)[C@H](C)OC(O)[C@H]2N=C(N)N)(C(=O)O)C[C@H]1O. The Balaban J connectivity index is 2.57. The number of hydrogen-bond acceptors (Lipinski definition) is 11. The lowest BCUT2D eigenvalue weighted by Gasteiger charge is -2.50. The fourth-order valence-electron chi connectivity index (χ4n) is 4.33. The van der Waals surface area contributed by atoms with Crippen LogP contribution in [0.2, 0.25) is 0 Å². The fourth-order valence-corrected chi connectivity index (χ4v) is 4.33. The molecule has 16 nitrogen and oxygen atoms in total. The molecule has 16 heteroatoms. The van der Waals surface area contributed by atoms with Crippen molar-refractivity contribution in [3.63, 3.8) is 0 Å². The van der Waals surface area contributed by atoms with Crippen LogP contribution in [0.4, 0.5) is 0 Å². The zero-order chi connectivity index (χ0) is 27.5. The highest BCUT2D eigenvalue weighted by Crippen LogP contribution is 2.37. The van der Waals surface area contributed by atoms with E-state index in [1.165, 1.54) is 13.8 Å². The molecule has 2 rings (SSSR count). The molecular formula is C20H35N5O11. The molecular weight excluding hydrogens is 486 g/mol. The summed E-state index contributed by atoms with van der Waals surface area (Å²) in [6, 6.07) is -4.08. The van der Waals surface area contributed by atoms with E-state index < -0.39 is 97.0 Å². The number of carboxylic acid groups (broad SMARTS) is 1. The predicted molar refractivity (Wildman–Crippen MR) is 120 cm³/mol. The highest BCUT2D eigenvalue weighted by atomic mass is 16.7. The molecule has 0 saturated carbocycles. The molecule has 0 radical (unpaired) electrons. The van der Waals surface area contributed by atoms with Gasteiger partial charge in [-0.05, 0) is 13.8 Å². The van der Waals surface area contributed by atoms with Crippen molar-refractivity contribution in [1.82, 2.24) is 10.6 Å². The first-order valence-corrected chi connectivity index (χ1v) is 11.2. The number of carboxylic acids is 1. The van der Waals surface area contributed by atoms with Gasteiger partial charge in [-0.2, -0.15) is 0 Å². The summed E-state index contributed by atoms with van der Waals surface area (Å²) in [5, 5.41) is 57.3. The van der Waals surface area contributed by atoms with E-state index in [0.29, 0.717) is 0 Å². The van der Waals surface area contributed by atoms with Crippen molar-refractivity contribution in [1.29, 1.82) is 0 Å². The standard InChI is InChI=1S/C20H35N5O11/c1-6(26)11(23-8(3)27)15-12(24-9(4)28)10(29)5-20(35-15,18(32)33)36-16-13(25-19(21)22)17(31)34-7(2)14(16)30/h6-7,10-17,26,29-31H,5H2,1-4H3,(H,23,27)(H,24,28)(H,32,33)(H4,21,22,25)/t6-,7+,10-,11+,12+,13+,14-,15-,16+,17?,20+/m1/s1. The van der Waals surface area contributed by atoms with E-state index >= 15 is 0 Å². The second-order valence-corrected chi connectivity index (χ2v) is 8.95. The first-order chi connectivity index (χ1) is 16.6. The highest BCUT2D eigenvalue weighted by molar-refractivity contribution is 5.77. The van der Waals surface area contributed by atoms with Crippen molar-refractivity contribution in [2.24, 2.45) is 16.5 Å². The number of nitrogens with zero attached hydrogens (tertiary/aromatic N) is 1. The van der Waals surface area contributed by atoms with Crippen LogP contribution < -0.4 is 22.1 Å². The number of carbonyl (C=O) groups is 3. The van der Waals surface area contributed by atoms with Gasteiger partial charge in [-0.1, -0.05) is 0 Å². The van der Waals surface area contributed by atoms with Crippen LogP contribution in [0.1, 0.15) is 34.1 Å². The van der Waals surface area contributed by atoms with E-state index in [1.807, 2.05) is 0 Å². The quantitative estimate of drug-likeness (QED) is 0.108. The third-order valence-electron chi connectivity index (χ3n) is 5.94. The molecule has 1 unspecified atom stereocenters. The smallest absolute Gasteiger partial charge is 0.364 e. The van der Waals surface area contributed by atoms with Crippen molar-refractivity contribution in [3.05, 3.63) is 0 Å². The van der Waals surface area contributed by atoms with Gasteiger partial charge in [0.2, 0.25) is 11.8 Å². The lowest BCUT2D eigenvalue weighted by atomic mass is 9.87. The molecule has 11 atom stereocenters. The first kappa shape index (κ1) is 29.6. The molecule has 2 saturated heterocycles. The van der Waals surface area contributed by atoms with Crippen LogP contribution >= 0.6 is 0 Å². The summed E-state index contributed by atoms with van der Waals surface area (Å²) in [5.74, 6) is -6.19. The first-order valence-electron chi connectivity index (χ1n) is 11.2. The molecule has 2 aliphatic heterocycles. The van der Waals surface area contributed by atoms with Crippen LogP contribution in [0, 0.1) is 0 Å². The maximum Gasteiger partial charge on any atom is 0.364 e. The molecule has 2 aliphatic rings. The van der Waals surface area contributed by atoms with Gasteiger partial charge in [-0.15, -0.1) is 0 Å². The number of nitrogens with two attached hydrogens (primary N) is 2. The van der Waals surface area contributed by atoms with Crippen LogP contribution in [0.15, 0.2) is 4.99 Å². The Bertz CT molecular complexity index is 836. The Kier molecular flexibility index (Phi) is 9.58. The summed E-state index contributed by atoms with van der Waals surface area (Å²) in [7, 11) is 0. The molecule has 36 heavy (non-hydrogen) atoms. The van der Waals surface area contributed by atoms with Gasteiger partial charge in [0.25, 0.3) is 5.79 Å². The van der Waals surface area contributed by atoms with Gasteiger partial charge in [0.1, 0.15) is 24.4 Å². The normalized spacial score (nSPS) is 38.3. The van der Waals surface area contributed by atoms with Crippen molar-refractivity contribution >= 4 is 23.7 Å². The van der Waals surface area contributed by atoms with Gasteiger partial charge in [-0.3, -0.25) is 9.59 Å². The number of hydrogen-bond donors (Lipinski definition) is 9. The van der Waals surface area contributed by atoms with E-state index in [0.717, 1.165) is 13.8 Å². The van der Waals surface area contributed by atoms with Crippen molar-refractivity contribution in [3.8, 4) is 0 Å². The fraction of sp³-hybridized carbons (Fsp3) is 0.800. The van der Waals surface area contributed by atoms with E-state index in [2.05, 4.69) is 15.6 Å². The minimum atomic E-state index is -2.70. The molecule has 0 aromatic carbocycles. The third kappa shape index (κ3) is 6.58. The molecule has 0 aromatic rings. The minimum Gasteiger partial charge on any atom is -0.477 e. The lowest BCUT2D eigenvalue weighted by Crippen LogP contribution is -2.71. The number of aliphatic hydroxyl groups excluding tert-OH is 4. The Hall–Kier alpha value is -2.60. The molecule has 206 valence electrons. The van der Waals surface area contributed by atoms with Crippen LogP contribution in [0.25, 0.3) is 0 Å². The average Bonchev–Trinajstić information content (AvgIpc) is 2.73. The summed E-state index contributed by atoms with van der Waals surface area (Å²) in [6.07, 6.45) is -11.2. The number of nitrogens with one attached hydrogen (secondary N) is 2. The van der Waals surface area contributed by atoms with E-state index in [4.69, 9.17) is 25.7 Å². The minimum absolute atomic E-state index is 0.518. The number of aliphatic hydroxyl groups is 4. The van der Waals surface area contributed by atoms with Crippen molar-refractivity contribution in [2.45, 2.75) is 101 Å². The number of aliphatic imine (C=N–C) groups is 1. The number of aliphatic carboxylic acids is 1. The molecule has 0 aliphatic carbocycles. The molecule has 2 amide bonds. The molecule has 2 fully saturated rings. The van der Waals surface area contributed by atoms with Crippen LogP contribution in [-0.4, -0.2) is 116 Å². The van der Waals surface area contributed by atoms with Crippen LogP contribution in [-0.2, 0) is 28.6 Å². The Morgan fingerprint density at radius 3 is 2.25 bits per heavy atom.